The van der Waals surface area contributed by atoms with Gasteiger partial charge in [-0.2, -0.15) is 0 Å². The number of carbonyl (C=O) groups is 1. The van der Waals surface area contributed by atoms with E-state index in [-0.39, 0.29) is 5.97 Å². The van der Waals surface area contributed by atoms with Gasteiger partial charge in [-0.3, -0.25) is 0 Å². The van der Waals surface area contributed by atoms with Crippen LogP contribution < -0.4 is 0 Å². The monoisotopic (exact) mass is 314 g/mol. The van der Waals surface area contributed by atoms with Crippen LogP contribution in [0.3, 0.4) is 0 Å². The van der Waals surface area contributed by atoms with Crippen molar-refractivity contribution >= 4 is 30.2 Å². The number of hydrogen-bond acceptors (Lipinski definition) is 2. The Morgan fingerprint density at radius 2 is 1.59 bits per heavy atom. The molecule has 0 aliphatic carbocycles. The molecule has 1 aromatic rings. The predicted molar refractivity (Wildman–Crippen MR) is 76.8 cm³/mol. The zero-order valence-corrected chi connectivity index (χ0v) is 13.2. The van der Waals surface area contributed by atoms with Crippen LogP contribution in [0.1, 0.15) is 31.1 Å². The van der Waals surface area contributed by atoms with Gasteiger partial charge in [0, 0.05) is 4.47 Å². The quantitative estimate of drug-likeness (QED) is 0.742. The fraction of sp³-hybridized carbons (Fsp3) is 0.462. The molecule has 0 atom stereocenters. The molecule has 0 fully saturated rings. The maximum absolute atomic E-state index is 12.0. The van der Waals surface area contributed by atoms with Gasteiger partial charge in [0.2, 0.25) is 0 Å². The molecular formula is C13H19BrO2Si. The van der Waals surface area contributed by atoms with Crippen LogP contribution in [0.5, 0.6) is 0 Å². The molecule has 17 heavy (non-hydrogen) atoms. The van der Waals surface area contributed by atoms with Crippen molar-refractivity contribution in [2.75, 3.05) is 0 Å². The second-order valence-electron chi connectivity index (χ2n) is 4.14. The first-order valence-corrected chi connectivity index (χ1v) is 9.38. The van der Waals surface area contributed by atoms with E-state index in [4.69, 9.17) is 4.43 Å². The lowest BCUT2D eigenvalue weighted by molar-refractivity contribution is 0.0717. The van der Waals surface area contributed by atoms with Gasteiger partial charge in [0.25, 0.3) is 8.32 Å². The van der Waals surface area contributed by atoms with Gasteiger partial charge >= 0.3 is 5.97 Å². The van der Waals surface area contributed by atoms with Crippen LogP contribution in [0.2, 0.25) is 18.1 Å². The lowest BCUT2D eigenvalue weighted by Gasteiger charge is -2.27. The van der Waals surface area contributed by atoms with Gasteiger partial charge in [-0.05, 0) is 42.4 Å². The molecule has 0 amide bonds. The first-order valence-electron chi connectivity index (χ1n) is 6.05. The molecule has 0 radical (unpaired) electrons. The van der Waals surface area contributed by atoms with Crippen LogP contribution in [0.25, 0.3) is 0 Å². The summed E-state index contributed by atoms with van der Waals surface area (Å²) in [5.74, 6) is -0.172. The Hall–Kier alpha value is -0.613. The molecule has 0 saturated carbocycles. The van der Waals surface area contributed by atoms with Crippen LogP contribution >= 0.6 is 15.9 Å². The Morgan fingerprint density at radius 3 is 2.00 bits per heavy atom. The van der Waals surface area contributed by atoms with Crippen molar-refractivity contribution in [3.63, 3.8) is 0 Å². The standard InChI is InChI=1S/C13H19BrO2Si/c1-4-17(5-2,6-3)16-13(15)11-7-9-12(14)10-8-11/h7-10H,4-6H2,1-3H3. The molecule has 0 saturated heterocycles. The van der Waals surface area contributed by atoms with Gasteiger partial charge < -0.3 is 4.43 Å². The highest BCUT2D eigenvalue weighted by Crippen LogP contribution is 2.23. The van der Waals surface area contributed by atoms with Crippen molar-refractivity contribution in [2.24, 2.45) is 0 Å². The van der Waals surface area contributed by atoms with Gasteiger partial charge in [-0.15, -0.1) is 0 Å². The molecule has 0 aliphatic heterocycles. The minimum Gasteiger partial charge on any atom is -0.516 e. The summed E-state index contributed by atoms with van der Waals surface area (Å²) in [7, 11) is -1.84. The molecule has 94 valence electrons. The minimum absolute atomic E-state index is 0.172. The largest absolute Gasteiger partial charge is 0.516 e. The average Bonchev–Trinajstić information content (AvgIpc) is 2.37. The lowest BCUT2D eigenvalue weighted by atomic mass is 10.2. The van der Waals surface area contributed by atoms with Gasteiger partial charge in [-0.25, -0.2) is 4.79 Å². The second kappa shape index (κ2) is 6.35. The van der Waals surface area contributed by atoms with Gasteiger partial charge in [0.1, 0.15) is 0 Å². The van der Waals surface area contributed by atoms with Crippen molar-refractivity contribution < 1.29 is 9.22 Å². The molecule has 0 aliphatic rings. The maximum atomic E-state index is 12.0. The van der Waals surface area contributed by atoms with Gasteiger partial charge in [-0.1, -0.05) is 36.7 Å². The van der Waals surface area contributed by atoms with E-state index in [9.17, 15) is 4.79 Å². The molecule has 0 unspecified atom stereocenters. The molecule has 1 aromatic carbocycles. The van der Waals surface area contributed by atoms with E-state index in [1.807, 2.05) is 12.1 Å². The summed E-state index contributed by atoms with van der Waals surface area (Å²) in [6.45, 7) is 6.36. The van der Waals surface area contributed by atoms with Crippen LogP contribution in [0.4, 0.5) is 0 Å². The number of benzene rings is 1. The summed E-state index contributed by atoms with van der Waals surface area (Å²) < 4.78 is 6.77. The van der Waals surface area contributed by atoms with Crippen LogP contribution in [-0.4, -0.2) is 14.3 Å². The van der Waals surface area contributed by atoms with Crippen molar-refractivity contribution in [2.45, 2.75) is 38.9 Å². The van der Waals surface area contributed by atoms with E-state index >= 15 is 0 Å². The highest BCUT2D eigenvalue weighted by atomic mass is 79.9. The zero-order chi connectivity index (χ0) is 12.9. The lowest BCUT2D eigenvalue weighted by Crippen LogP contribution is -2.38. The Balaban J connectivity index is 2.81. The Bertz CT molecular complexity index is 363. The number of carbonyl (C=O) groups excluding carboxylic acids is 1. The summed E-state index contributed by atoms with van der Waals surface area (Å²) in [4.78, 5) is 12.0. The van der Waals surface area contributed by atoms with E-state index in [0.717, 1.165) is 22.6 Å². The summed E-state index contributed by atoms with van der Waals surface area (Å²) in [6, 6.07) is 10.3. The van der Waals surface area contributed by atoms with E-state index in [0.29, 0.717) is 5.56 Å². The fourth-order valence-electron chi connectivity index (χ4n) is 1.81. The SMILES string of the molecule is CC[Si](CC)(CC)OC(=O)c1ccc(Br)cc1. The fourth-order valence-corrected chi connectivity index (χ4v) is 4.52. The summed E-state index contributed by atoms with van der Waals surface area (Å²) in [5.41, 5.74) is 0.639. The highest BCUT2D eigenvalue weighted by molar-refractivity contribution is 9.10. The van der Waals surface area contributed by atoms with Crippen molar-refractivity contribution in [1.29, 1.82) is 0 Å². The first kappa shape index (κ1) is 14.4. The normalized spacial score (nSPS) is 11.3. The van der Waals surface area contributed by atoms with Gasteiger partial charge in [0.15, 0.2) is 0 Å². The van der Waals surface area contributed by atoms with E-state index < -0.39 is 8.32 Å². The summed E-state index contributed by atoms with van der Waals surface area (Å²) in [5, 5.41) is 0. The number of rotatable bonds is 5. The van der Waals surface area contributed by atoms with E-state index in [1.165, 1.54) is 0 Å². The van der Waals surface area contributed by atoms with E-state index in [2.05, 4.69) is 36.7 Å². The third-order valence-corrected chi connectivity index (χ3v) is 8.34. The summed E-state index contributed by atoms with van der Waals surface area (Å²) in [6.07, 6.45) is 0. The van der Waals surface area contributed by atoms with Crippen LogP contribution in [0, 0.1) is 0 Å². The smallest absolute Gasteiger partial charge is 0.324 e. The molecule has 0 spiro atoms. The van der Waals surface area contributed by atoms with E-state index in [1.54, 1.807) is 12.1 Å². The molecule has 1 rings (SSSR count). The second-order valence-corrected chi connectivity index (χ2v) is 9.75. The van der Waals surface area contributed by atoms with Crippen LogP contribution in [0.15, 0.2) is 28.7 Å². The highest BCUT2D eigenvalue weighted by Gasteiger charge is 2.33. The van der Waals surface area contributed by atoms with Crippen LogP contribution in [-0.2, 0) is 4.43 Å². The zero-order valence-electron chi connectivity index (χ0n) is 10.6. The molecule has 0 heterocycles. The minimum atomic E-state index is -1.84. The Morgan fingerprint density at radius 1 is 1.12 bits per heavy atom. The predicted octanol–water partition coefficient (Wildman–Crippen LogP) is 4.61. The Kier molecular flexibility index (Phi) is 5.40. The third kappa shape index (κ3) is 3.68. The number of halogens is 1. The number of hydrogen-bond donors (Lipinski definition) is 0. The molecule has 2 nitrogen and oxygen atoms in total. The Labute approximate surface area is 113 Å². The molecule has 0 N–H and O–H groups in total. The third-order valence-electron chi connectivity index (χ3n) is 3.32. The topological polar surface area (TPSA) is 26.3 Å². The summed E-state index contributed by atoms with van der Waals surface area (Å²) >= 11 is 3.35. The molecule has 0 bridgehead atoms. The maximum Gasteiger partial charge on any atom is 0.324 e. The first-order chi connectivity index (χ1) is 8.06. The molecule has 0 aromatic heterocycles. The van der Waals surface area contributed by atoms with Gasteiger partial charge in [0.05, 0.1) is 5.56 Å². The molecular weight excluding hydrogens is 296 g/mol. The average molecular weight is 315 g/mol. The van der Waals surface area contributed by atoms with Crippen molar-refractivity contribution in [1.82, 2.24) is 0 Å². The van der Waals surface area contributed by atoms with Crippen molar-refractivity contribution in [3.8, 4) is 0 Å². The van der Waals surface area contributed by atoms with Crippen molar-refractivity contribution in [3.05, 3.63) is 34.3 Å². The molecule has 4 heteroatoms.